The molecule has 1 unspecified atom stereocenters. The Labute approximate surface area is 527 Å². The lowest BCUT2D eigenvalue weighted by Crippen LogP contribution is -2.41. The highest BCUT2D eigenvalue weighted by atomic mass is 32.1. The first-order chi connectivity index (χ1) is 42.3. The largest absolute Gasteiger partial charge is 0.481 e. The van der Waals surface area contributed by atoms with Gasteiger partial charge in [0.25, 0.3) is 17.7 Å². The predicted molar refractivity (Wildman–Crippen MR) is 333 cm³/mol. The molecule has 88 heavy (non-hydrogen) atoms. The molecule has 1 fully saturated rings. The van der Waals surface area contributed by atoms with Crippen molar-refractivity contribution in [1.82, 2.24) is 61.5 Å². The maximum Gasteiger partial charge on any atom is 0.323 e. The Balaban J connectivity index is 1.05. The van der Waals surface area contributed by atoms with Gasteiger partial charge in [-0.2, -0.15) is 0 Å². The number of ether oxygens (including phenoxy) is 1. The lowest BCUT2D eigenvalue weighted by Gasteiger charge is -2.29. The summed E-state index contributed by atoms with van der Waals surface area (Å²) in [5.41, 5.74) is 3.01. The number of nitrogens with zero attached hydrogens (tertiary/aromatic N) is 8. The summed E-state index contributed by atoms with van der Waals surface area (Å²) in [5.74, 6) is -7.04. The van der Waals surface area contributed by atoms with Crippen LogP contribution in [0.5, 0.6) is 0 Å². The topological polar surface area (TPSA) is 340 Å². The number of methoxy groups -OCH3 is 1. The summed E-state index contributed by atoms with van der Waals surface area (Å²) in [5, 5.41) is 43.1. The number of thiazole rings is 6. The van der Waals surface area contributed by atoms with E-state index < -0.39 is 90.4 Å². The van der Waals surface area contributed by atoms with E-state index in [2.05, 4.69) is 26.6 Å². The lowest BCUT2D eigenvalue weighted by molar-refractivity contribution is -0.144. The van der Waals surface area contributed by atoms with E-state index in [-0.39, 0.29) is 78.5 Å². The van der Waals surface area contributed by atoms with E-state index in [1.54, 1.807) is 35.2 Å². The average Bonchev–Trinajstić information content (AvgIpc) is 2.82. The Morgan fingerprint density at radius 1 is 0.670 bits per heavy atom. The first kappa shape index (κ1) is 62.9. The van der Waals surface area contributed by atoms with Crippen LogP contribution in [-0.2, 0) is 35.3 Å². The predicted octanol–water partition coefficient (Wildman–Crippen LogP) is 8.69. The Bertz CT molecular complexity index is 3940. The van der Waals surface area contributed by atoms with E-state index in [0.717, 1.165) is 44.5 Å². The van der Waals surface area contributed by atoms with Gasteiger partial charge < -0.3 is 41.5 Å². The van der Waals surface area contributed by atoms with Gasteiger partial charge in [-0.15, -0.1) is 68.0 Å². The monoisotopic (exact) mass is 1310 g/mol. The van der Waals surface area contributed by atoms with Crippen LogP contribution in [0.1, 0.15) is 139 Å². The van der Waals surface area contributed by atoms with Crippen LogP contribution >= 0.6 is 68.0 Å². The number of rotatable bonds is 13. The first-order valence-electron chi connectivity index (χ1n) is 27.8. The number of carbonyl (C=O) groups is 8. The standard InChI is InChI=1S/C58H59N13O11S6/c1-26(2)43-56-70-47(38(88-56)21-82-6)49(77)60-19-41(73)67-44(27(3)29-10-8-7-9-11-29)55-65-37(24-85-55)53-63-35(22-84-53)46-32(51-64-36(23-83-51)48(76)62-34(18-40(72)59-5)54-69-45(28(4)87-54)50(78)68-43)16-17-33(61-46)52-66-39(25-86-52)71(20-42(74)75)57(79)30-12-14-31(15-13-30)58(80)81/h7-11,16-17,22-27,30-31,34,43-44H,12-15,18-21H2,1-6H3,(H,59,72)(H,60,77)(H,62,76)(H,67,73)(H,68,78)(H,74,75)(H,80,81)/t27-,30-,31-,34-,43?,44-/m0/s1. The second-order valence-electron chi connectivity index (χ2n) is 21.2. The smallest absolute Gasteiger partial charge is 0.323 e. The van der Waals surface area contributed by atoms with Crippen molar-refractivity contribution < 1.29 is 53.3 Å². The Hall–Kier alpha value is -8.13. The summed E-state index contributed by atoms with van der Waals surface area (Å²) in [7, 11) is 2.94. The molecule has 2 aliphatic rings. The van der Waals surface area contributed by atoms with Gasteiger partial charge in [-0.05, 0) is 56.2 Å². The highest BCUT2D eigenvalue weighted by molar-refractivity contribution is 7.15. The molecular weight excluding hydrogens is 1250 g/mol. The molecule has 1 aliphatic heterocycles. The molecule has 1 aliphatic carbocycles. The maximum absolute atomic E-state index is 14.4. The van der Waals surface area contributed by atoms with Gasteiger partial charge in [0.2, 0.25) is 17.7 Å². The fraction of sp³-hybridized carbons (Fsp3) is 0.362. The summed E-state index contributed by atoms with van der Waals surface area (Å²) in [4.78, 5) is 144. The molecule has 8 aromatic rings. The highest BCUT2D eigenvalue weighted by Crippen LogP contribution is 2.41. The maximum atomic E-state index is 14.4. The van der Waals surface area contributed by atoms with Crippen LogP contribution in [0.4, 0.5) is 5.82 Å². The molecule has 30 heteroatoms. The third-order valence-corrected chi connectivity index (χ3v) is 20.6. The fourth-order valence-corrected chi connectivity index (χ4v) is 15.8. The number of nitrogens with one attached hydrogen (secondary N) is 5. The van der Waals surface area contributed by atoms with Crippen molar-refractivity contribution in [3.05, 3.63) is 111 Å². The van der Waals surface area contributed by atoms with Crippen LogP contribution in [0.2, 0.25) is 0 Å². The van der Waals surface area contributed by atoms with Crippen LogP contribution in [0.25, 0.3) is 43.4 Å². The van der Waals surface area contributed by atoms with E-state index >= 15 is 0 Å². The zero-order chi connectivity index (χ0) is 62.5. The number of carbonyl (C=O) groups excluding carboxylic acids is 6. The molecule has 7 N–H and O–H groups in total. The van der Waals surface area contributed by atoms with Crippen LogP contribution < -0.4 is 31.5 Å². The number of aromatic nitrogens is 7. The number of benzene rings is 1. The van der Waals surface area contributed by atoms with E-state index in [9.17, 15) is 48.6 Å². The van der Waals surface area contributed by atoms with Crippen LogP contribution in [-0.4, -0.2) is 120 Å². The second-order valence-corrected chi connectivity index (χ2v) is 27.0. The summed E-state index contributed by atoms with van der Waals surface area (Å²) in [6.45, 7) is 6.37. The molecule has 0 radical (unpaired) electrons. The van der Waals surface area contributed by atoms with Crippen molar-refractivity contribution in [2.24, 2.45) is 17.8 Å². The molecule has 10 rings (SSSR count). The Morgan fingerprint density at radius 3 is 2.07 bits per heavy atom. The SMILES string of the molecule is CNC(=O)C[C@@H]1NC(=O)c2csc(n2)-c2ccc(-c3nc(N(CC(=O)O)C(=O)[C@H]4CC[C@H](C(=O)O)CC4)cs3)nc2-c2csc(n2)-c2csc(n2)[C@H]([C@@H](C)c2ccccc2)NC(=O)CNC(=O)c2nc(sc2COC)C(C(C)C)NC(=O)c2nc1sc2C. The number of hydrogen-bond donors (Lipinski definition) is 7. The molecule has 10 bridgehead atoms. The molecule has 4 atom stereocenters. The highest BCUT2D eigenvalue weighted by Gasteiger charge is 2.36. The fourth-order valence-electron chi connectivity index (χ4n) is 10.1. The summed E-state index contributed by atoms with van der Waals surface area (Å²) >= 11 is 7.20. The summed E-state index contributed by atoms with van der Waals surface area (Å²) in [6, 6.07) is 10.6. The van der Waals surface area contributed by atoms with Crippen molar-refractivity contribution in [1.29, 1.82) is 0 Å². The second kappa shape index (κ2) is 27.5. The van der Waals surface area contributed by atoms with Crippen LogP contribution in [0, 0.1) is 24.7 Å². The minimum absolute atomic E-state index is 0.000740. The minimum Gasteiger partial charge on any atom is -0.481 e. The van der Waals surface area contributed by atoms with Gasteiger partial charge in [-0.3, -0.25) is 43.3 Å². The Morgan fingerprint density at radius 2 is 1.35 bits per heavy atom. The normalized spacial score (nSPS) is 18.7. The number of hydrogen-bond acceptors (Lipinski definition) is 22. The van der Waals surface area contributed by atoms with Gasteiger partial charge in [0.15, 0.2) is 0 Å². The summed E-state index contributed by atoms with van der Waals surface area (Å²) < 4.78 is 5.47. The number of carboxylic acid groups (broad SMARTS) is 2. The van der Waals surface area contributed by atoms with Crippen molar-refractivity contribution in [3.8, 4) is 43.4 Å². The number of aryl methyl sites for hydroxylation is 1. The van der Waals surface area contributed by atoms with E-state index in [4.69, 9.17) is 39.6 Å². The number of anilines is 1. The molecular formula is C58H59N13O11S6. The van der Waals surface area contributed by atoms with Gasteiger partial charge in [-0.25, -0.2) is 34.9 Å². The number of amides is 6. The van der Waals surface area contributed by atoms with Crippen molar-refractivity contribution in [2.45, 2.75) is 90.4 Å². The minimum atomic E-state index is -1.26. The average molecular weight is 1310 g/mol. The van der Waals surface area contributed by atoms with Crippen molar-refractivity contribution >= 4 is 121 Å². The number of fused-ring (bicyclic) bond motifs is 14. The third-order valence-electron chi connectivity index (χ3n) is 14.9. The third kappa shape index (κ3) is 14.1. The van der Waals surface area contributed by atoms with Gasteiger partial charge in [-0.1, -0.05) is 51.1 Å². The van der Waals surface area contributed by atoms with E-state index in [0.29, 0.717) is 63.1 Å². The molecule has 24 nitrogen and oxygen atoms in total. The molecule has 8 heterocycles. The van der Waals surface area contributed by atoms with Gasteiger partial charge in [0.05, 0.1) is 54.2 Å². The van der Waals surface area contributed by atoms with Gasteiger partial charge in [0, 0.05) is 58.0 Å². The van der Waals surface area contributed by atoms with Gasteiger partial charge in [0.1, 0.15) is 76.6 Å². The number of pyridine rings is 1. The van der Waals surface area contributed by atoms with Crippen LogP contribution in [0.3, 0.4) is 0 Å². The van der Waals surface area contributed by atoms with Crippen molar-refractivity contribution in [3.63, 3.8) is 0 Å². The Kier molecular flexibility index (Phi) is 19.7. The first-order valence-corrected chi connectivity index (χ1v) is 32.9. The molecule has 0 saturated heterocycles. The zero-order valence-electron chi connectivity index (χ0n) is 48.1. The number of carboxylic acids is 2. The zero-order valence-corrected chi connectivity index (χ0v) is 53.0. The summed E-state index contributed by atoms with van der Waals surface area (Å²) in [6.07, 6.45) is 0.903. The lowest BCUT2D eigenvalue weighted by atomic mass is 9.81. The molecule has 0 spiro atoms. The number of aliphatic carboxylic acids is 2. The quantitative estimate of drug-likeness (QED) is 0.0567. The molecule has 1 saturated carbocycles. The van der Waals surface area contributed by atoms with E-state index in [1.165, 1.54) is 48.2 Å². The molecule has 6 amide bonds. The molecule has 7 aromatic heterocycles. The van der Waals surface area contributed by atoms with Gasteiger partial charge >= 0.3 is 11.9 Å². The molecule has 1 aromatic carbocycles. The van der Waals surface area contributed by atoms with E-state index in [1.807, 2.05) is 56.5 Å². The molecule has 458 valence electrons. The van der Waals surface area contributed by atoms with Crippen LogP contribution in [0.15, 0.2) is 64.0 Å². The van der Waals surface area contributed by atoms with Crippen molar-refractivity contribution in [2.75, 3.05) is 32.1 Å².